The summed E-state index contributed by atoms with van der Waals surface area (Å²) in [5.41, 5.74) is 6.21. The minimum Gasteiger partial charge on any atom is -0.436 e. The van der Waals surface area contributed by atoms with Crippen molar-refractivity contribution in [3.63, 3.8) is 0 Å². The van der Waals surface area contributed by atoms with Crippen LogP contribution in [0, 0.1) is 0 Å². The van der Waals surface area contributed by atoms with E-state index in [1.165, 1.54) is 11.1 Å². The van der Waals surface area contributed by atoms with Gasteiger partial charge < -0.3 is 9.73 Å². The Balaban J connectivity index is 1.58. The van der Waals surface area contributed by atoms with Crippen molar-refractivity contribution in [1.82, 2.24) is 4.98 Å². The van der Waals surface area contributed by atoms with E-state index in [9.17, 15) is 4.79 Å². The van der Waals surface area contributed by atoms with Crippen LogP contribution < -0.4 is 5.32 Å². The lowest BCUT2D eigenvalue weighted by atomic mass is 10.1. The number of oxazole rings is 1. The second-order valence-corrected chi connectivity index (χ2v) is 6.76. The summed E-state index contributed by atoms with van der Waals surface area (Å²) in [5.74, 6) is 0.414. The molecule has 0 saturated carbocycles. The normalized spacial score (nSPS) is 10.9. The number of rotatable bonds is 5. The molecular weight excluding hydrogens is 348 g/mol. The highest BCUT2D eigenvalue weighted by molar-refractivity contribution is 6.04. The first-order chi connectivity index (χ1) is 13.7. The van der Waals surface area contributed by atoms with E-state index in [4.69, 9.17) is 4.42 Å². The zero-order valence-electron chi connectivity index (χ0n) is 16.0. The SMILES string of the molecule is CCc1ccc(C(=O)Nc2cccc(-c3nc4cc(CC)ccc4o3)c2)cc1. The molecule has 28 heavy (non-hydrogen) atoms. The van der Waals surface area contributed by atoms with E-state index in [2.05, 4.69) is 30.2 Å². The fourth-order valence-electron chi connectivity index (χ4n) is 3.14. The van der Waals surface area contributed by atoms with Gasteiger partial charge in [0, 0.05) is 16.8 Å². The fraction of sp³-hybridized carbons (Fsp3) is 0.167. The molecule has 0 radical (unpaired) electrons. The summed E-state index contributed by atoms with van der Waals surface area (Å²) in [7, 11) is 0. The lowest BCUT2D eigenvalue weighted by Gasteiger charge is -2.07. The van der Waals surface area contributed by atoms with E-state index in [1.807, 2.05) is 60.7 Å². The number of anilines is 1. The average Bonchev–Trinajstić information content (AvgIpc) is 3.17. The van der Waals surface area contributed by atoms with Crippen LogP contribution in [0.5, 0.6) is 0 Å². The van der Waals surface area contributed by atoms with Gasteiger partial charge in [0.2, 0.25) is 5.89 Å². The molecule has 0 saturated heterocycles. The Morgan fingerprint density at radius 1 is 0.929 bits per heavy atom. The molecule has 0 spiro atoms. The maximum atomic E-state index is 12.5. The van der Waals surface area contributed by atoms with Crippen LogP contribution >= 0.6 is 0 Å². The van der Waals surface area contributed by atoms with Crippen molar-refractivity contribution in [2.24, 2.45) is 0 Å². The van der Waals surface area contributed by atoms with Crippen molar-refractivity contribution >= 4 is 22.7 Å². The second-order valence-electron chi connectivity index (χ2n) is 6.76. The Kier molecular flexibility index (Phi) is 4.94. The van der Waals surface area contributed by atoms with Crippen LogP contribution in [0.15, 0.2) is 71.1 Å². The molecule has 0 aliphatic rings. The van der Waals surface area contributed by atoms with Crippen molar-refractivity contribution < 1.29 is 9.21 Å². The number of aromatic nitrogens is 1. The van der Waals surface area contributed by atoms with Crippen molar-refractivity contribution in [2.75, 3.05) is 5.32 Å². The Morgan fingerprint density at radius 3 is 2.43 bits per heavy atom. The molecule has 0 fully saturated rings. The zero-order valence-corrected chi connectivity index (χ0v) is 16.0. The van der Waals surface area contributed by atoms with Crippen LogP contribution in [0.1, 0.15) is 35.3 Å². The first-order valence-corrected chi connectivity index (χ1v) is 9.56. The highest BCUT2D eigenvalue weighted by Crippen LogP contribution is 2.27. The van der Waals surface area contributed by atoms with E-state index in [1.54, 1.807) is 0 Å². The van der Waals surface area contributed by atoms with E-state index in [-0.39, 0.29) is 5.91 Å². The van der Waals surface area contributed by atoms with Crippen LogP contribution in [-0.2, 0) is 12.8 Å². The maximum absolute atomic E-state index is 12.5. The average molecular weight is 370 g/mol. The molecule has 0 aliphatic heterocycles. The van der Waals surface area contributed by atoms with Gasteiger partial charge in [-0.25, -0.2) is 4.98 Å². The topological polar surface area (TPSA) is 55.1 Å². The van der Waals surface area contributed by atoms with Gasteiger partial charge >= 0.3 is 0 Å². The standard InChI is InChI=1S/C24H22N2O2/c1-3-16-8-11-18(12-9-16)23(27)25-20-7-5-6-19(15-20)24-26-21-14-17(4-2)10-13-22(21)28-24/h5-15H,3-4H2,1-2H3,(H,25,27). The third kappa shape index (κ3) is 3.67. The Labute approximate surface area is 164 Å². The number of nitrogens with zero attached hydrogens (tertiary/aromatic N) is 1. The molecule has 4 rings (SSSR count). The molecule has 1 N–H and O–H groups in total. The van der Waals surface area contributed by atoms with Crippen molar-refractivity contribution in [1.29, 1.82) is 0 Å². The van der Waals surface area contributed by atoms with Gasteiger partial charge in [0.25, 0.3) is 5.91 Å². The summed E-state index contributed by atoms with van der Waals surface area (Å²) >= 11 is 0. The van der Waals surface area contributed by atoms with Crippen molar-refractivity contribution in [3.05, 3.63) is 83.4 Å². The minimum atomic E-state index is -0.134. The van der Waals surface area contributed by atoms with Crippen LogP contribution in [0.4, 0.5) is 5.69 Å². The Bertz CT molecular complexity index is 1130. The summed E-state index contributed by atoms with van der Waals surface area (Å²) < 4.78 is 5.90. The number of carbonyl (C=O) groups excluding carboxylic acids is 1. The molecule has 1 heterocycles. The highest BCUT2D eigenvalue weighted by atomic mass is 16.3. The van der Waals surface area contributed by atoms with Gasteiger partial charge in [-0.15, -0.1) is 0 Å². The fourth-order valence-corrected chi connectivity index (χ4v) is 3.14. The lowest BCUT2D eigenvalue weighted by Crippen LogP contribution is -2.11. The number of hydrogen-bond donors (Lipinski definition) is 1. The third-order valence-corrected chi connectivity index (χ3v) is 4.85. The first-order valence-electron chi connectivity index (χ1n) is 9.56. The second kappa shape index (κ2) is 7.69. The maximum Gasteiger partial charge on any atom is 0.255 e. The molecule has 4 aromatic rings. The predicted octanol–water partition coefficient (Wildman–Crippen LogP) is 5.87. The first kappa shape index (κ1) is 18.0. The summed E-state index contributed by atoms with van der Waals surface area (Å²) in [6, 6.07) is 21.3. The van der Waals surface area contributed by atoms with Gasteiger partial charge in [0.05, 0.1) is 0 Å². The van der Waals surface area contributed by atoms with Gasteiger partial charge in [-0.1, -0.05) is 38.1 Å². The van der Waals surface area contributed by atoms with Gasteiger partial charge in [-0.05, 0) is 66.4 Å². The van der Waals surface area contributed by atoms with Crippen LogP contribution in [0.2, 0.25) is 0 Å². The number of hydrogen-bond acceptors (Lipinski definition) is 3. The molecule has 0 unspecified atom stereocenters. The molecular formula is C24H22N2O2. The van der Waals surface area contributed by atoms with Gasteiger partial charge in [0.1, 0.15) is 5.52 Å². The molecule has 1 amide bonds. The Morgan fingerprint density at radius 2 is 1.68 bits per heavy atom. The van der Waals surface area contributed by atoms with Crippen LogP contribution in [-0.4, -0.2) is 10.9 Å². The molecule has 0 atom stereocenters. The molecule has 4 heteroatoms. The lowest BCUT2D eigenvalue weighted by molar-refractivity contribution is 0.102. The van der Waals surface area contributed by atoms with E-state index >= 15 is 0 Å². The Hall–Kier alpha value is -3.40. The molecule has 0 bridgehead atoms. The minimum absolute atomic E-state index is 0.134. The quantitative estimate of drug-likeness (QED) is 0.478. The largest absolute Gasteiger partial charge is 0.436 e. The summed E-state index contributed by atoms with van der Waals surface area (Å²) in [6.45, 7) is 4.21. The zero-order chi connectivity index (χ0) is 19.5. The number of carbonyl (C=O) groups is 1. The van der Waals surface area contributed by atoms with Crippen LogP contribution in [0.25, 0.3) is 22.6 Å². The van der Waals surface area contributed by atoms with Crippen molar-refractivity contribution in [3.8, 4) is 11.5 Å². The monoisotopic (exact) mass is 370 g/mol. The number of fused-ring (bicyclic) bond motifs is 1. The highest BCUT2D eigenvalue weighted by Gasteiger charge is 2.11. The predicted molar refractivity (Wildman–Crippen MR) is 113 cm³/mol. The van der Waals surface area contributed by atoms with Crippen LogP contribution in [0.3, 0.4) is 0 Å². The van der Waals surface area contributed by atoms with E-state index < -0.39 is 0 Å². The summed E-state index contributed by atoms with van der Waals surface area (Å²) in [5, 5.41) is 2.95. The molecule has 3 aromatic carbocycles. The molecule has 140 valence electrons. The summed E-state index contributed by atoms with van der Waals surface area (Å²) in [4.78, 5) is 17.1. The number of aryl methyl sites for hydroxylation is 2. The van der Waals surface area contributed by atoms with Crippen molar-refractivity contribution in [2.45, 2.75) is 26.7 Å². The molecule has 1 aromatic heterocycles. The van der Waals surface area contributed by atoms with Gasteiger partial charge in [-0.3, -0.25) is 4.79 Å². The summed E-state index contributed by atoms with van der Waals surface area (Å²) in [6.07, 6.45) is 1.91. The van der Waals surface area contributed by atoms with Gasteiger partial charge in [-0.2, -0.15) is 0 Å². The molecule has 0 aliphatic carbocycles. The number of benzene rings is 3. The van der Waals surface area contributed by atoms with Gasteiger partial charge in [0.15, 0.2) is 5.58 Å². The van der Waals surface area contributed by atoms with E-state index in [0.717, 1.165) is 29.5 Å². The third-order valence-electron chi connectivity index (χ3n) is 4.85. The number of nitrogens with one attached hydrogen (secondary N) is 1. The smallest absolute Gasteiger partial charge is 0.255 e. The molecule has 4 nitrogen and oxygen atoms in total. The van der Waals surface area contributed by atoms with E-state index in [0.29, 0.717) is 17.1 Å². The number of amides is 1.